The molecule has 1 saturated carbocycles. The van der Waals surface area contributed by atoms with E-state index in [1.807, 2.05) is 12.1 Å². The predicted octanol–water partition coefficient (Wildman–Crippen LogP) is 2.14. The zero-order chi connectivity index (χ0) is 9.97. The SMILES string of the molecule is NC1CCC(Nc2cccnc2Br)C1. The zero-order valence-electron chi connectivity index (χ0n) is 7.91. The maximum Gasteiger partial charge on any atom is 0.129 e. The average Bonchev–Trinajstić information content (AvgIpc) is 2.56. The lowest BCUT2D eigenvalue weighted by molar-refractivity contribution is 0.687. The van der Waals surface area contributed by atoms with Crippen LogP contribution in [0.3, 0.4) is 0 Å². The summed E-state index contributed by atoms with van der Waals surface area (Å²) in [7, 11) is 0. The highest BCUT2D eigenvalue weighted by atomic mass is 79.9. The second-order valence-electron chi connectivity index (χ2n) is 3.76. The number of nitrogens with two attached hydrogens (primary N) is 1. The molecule has 0 radical (unpaired) electrons. The molecule has 2 unspecified atom stereocenters. The Morgan fingerprint density at radius 3 is 3.00 bits per heavy atom. The van der Waals surface area contributed by atoms with Crippen LogP contribution in [0.25, 0.3) is 0 Å². The number of nitrogens with one attached hydrogen (secondary N) is 1. The van der Waals surface area contributed by atoms with Crippen LogP contribution in [0.5, 0.6) is 0 Å². The van der Waals surface area contributed by atoms with Crippen molar-refractivity contribution >= 4 is 21.6 Å². The van der Waals surface area contributed by atoms with Gasteiger partial charge in [0.15, 0.2) is 0 Å². The first kappa shape index (κ1) is 9.93. The van der Waals surface area contributed by atoms with Crippen molar-refractivity contribution in [2.24, 2.45) is 5.73 Å². The number of hydrogen-bond acceptors (Lipinski definition) is 3. The van der Waals surface area contributed by atoms with E-state index in [9.17, 15) is 0 Å². The number of hydrogen-bond donors (Lipinski definition) is 2. The minimum Gasteiger partial charge on any atom is -0.380 e. The molecule has 0 aliphatic heterocycles. The number of pyridine rings is 1. The van der Waals surface area contributed by atoms with Gasteiger partial charge >= 0.3 is 0 Å². The molecule has 4 heteroatoms. The Kier molecular flexibility index (Phi) is 3.03. The number of anilines is 1. The molecule has 0 amide bonds. The molecule has 0 saturated heterocycles. The third-order valence-electron chi connectivity index (χ3n) is 2.59. The Hall–Kier alpha value is -0.610. The maximum atomic E-state index is 5.85. The molecule has 3 nitrogen and oxygen atoms in total. The summed E-state index contributed by atoms with van der Waals surface area (Å²) in [5.41, 5.74) is 6.91. The fraction of sp³-hybridized carbons (Fsp3) is 0.500. The molecule has 1 fully saturated rings. The molecule has 3 N–H and O–H groups in total. The Balaban J connectivity index is 2.01. The summed E-state index contributed by atoms with van der Waals surface area (Å²) in [6.07, 6.45) is 5.11. The van der Waals surface area contributed by atoms with Crippen molar-refractivity contribution in [1.29, 1.82) is 0 Å². The van der Waals surface area contributed by atoms with Crippen LogP contribution < -0.4 is 11.1 Å². The molecule has 1 heterocycles. The van der Waals surface area contributed by atoms with E-state index in [-0.39, 0.29) is 0 Å². The Morgan fingerprint density at radius 1 is 1.50 bits per heavy atom. The van der Waals surface area contributed by atoms with Crippen LogP contribution >= 0.6 is 15.9 Å². The van der Waals surface area contributed by atoms with Gasteiger partial charge in [-0.15, -0.1) is 0 Å². The minimum absolute atomic E-state index is 0.364. The first-order valence-electron chi connectivity index (χ1n) is 4.88. The second kappa shape index (κ2) is 4.28. The summed E-state index contributed by atoms with van der Waals surface area (Å²) in [5, 5.41) is 3.45. The standard InChI is InChI=1S/C10H14BrN3/c11-10-9(2-1-5-13-10)14-8-4-3-7(12)6-8/h1-2,5,7-8,14H,3-4,6,12H2. The molecule has 0 spiro atoms. The van der Waals surface area contributed by atoms with E-state index in [4.69, 9.17) is 5.73 Å². The Labute approximate surface area is 92.2 Å². The lowest BCUT2D eigenvalue weighted by Crippen LogP contribution is -2.20. The molecule has 14 heavy (non-hydrogen) atoms. The summed E-state index contributed by atoms with van der Waals surface area (Å²) >= 11 is 3.41. The summed E-state index contributed by atoms with van der Waals surface area (Å²) in [4.78, 5) is 4.16. The van der Waals surface area contributed by atoms with Gasteiger partial charge < -0.3 is 11.1 Å². The van der Waals surface area contributed by atoms with Gasteiger partial charge in [-0.3, -0.25) is 0 Å². The first-order valence-corrected chi connectivity index (χ1v) is 5.67. The van der Waals surface area contributed by atoms with E-state index < -0.39 is 0 Å². The monoisotopic (exact) mass is 255 g/mol. The molecule has 1 aliphatic rings. The highest BCUT2D eigenvalue weighted by molar-refractivity contribution is 9.10. The Morgan fingerprint density at radius 2 is 2.36 bits per heavy atom. The first-order chi connectivity index (χ1) is 6.75. The average molecular weight is 256 g/mol. The molecular weight excluding hydrogens is 242 g/mol. The van der Waals surface area contributed by atoms with E-state index in [1.165, 1.54) is 0 Å². The molecule has 1 aromatic rings. The van der Waals surface area contributed by atoms with E-state index in [0.717, 1.165) is 29.6 Å². The van der Waals surface area contributed by atoms with Crippen LogP contribution in [0.2, 0.25) is 0 Å². The van der Waals surface area contributed by atoms with Crippen molar-refractivity contribution in [1.82, 2.24) is 4.98 Å². The third-order valence-corrected chi connectivity index (χ3v) is 3.22. The van der Waals surface area contributed by atoms with Gasteiger partial charge in [0.05, 0.1) is 5.69 Å². The molecule has 0 aromatic carbocycles. The van der Waals surface area contributed by atoms with E-state index in [2.05, 4.69) is 26.2 Å². The predicted molar refractivity (Wildman–Crippen MR) is 61.2 cm³/mol. The van der Waals surface area contributed by atoms with E-state index in [1.54, 1.807) is 6.20 Å². The maximum absolute atomic E-state index is 5.85. The van der Waals surface area contributed by atoms with Gasteiger partial charge in [0.25, 0.3) is 0 Å². The third kappa shape index (κ3) is 2.25. The van der Waals surface area contributed by atoms with Crippen molar-refractivity contribution in [3.63, 3.8) is 0 Å². The van der Waals surface area contributed by atoms with Gasteiger partial charge in [0.1, 0.15) is 4.60 Å². The van der Waals surface area contributed by atoms with E-state index >= 15 is 0 Å². The second-order valence-corrected chi connectivity index (χ2v) is 4.51. The molecule has 1 aromatic heterocycles. The van der Waals surface area contributed by atoms with Crippen molar-refractivity contribution < 1.29 is 0 Å². The minimum atomic E-state index is 0.364. The number of halogens is 1. The quantitative estimate of drug-likeness (QED) is 0.797. The van der Waals surface area contributed by atoms with Crippen LogP contribution in [-0.2, 0) is 0 Å². The summed E-state index contributed by atoms with van der Waals surface area (Å²) in [6, 6.07) is 4.83. The molecular formula is C10H14BrN3. The molecule has 2 atom stereocenters. The molecule has 76 valence electrons. The number of nitrogens with zero attached hydrogens (tertiary/aromatic N) is 1. The van der Waals surface area contributed by atoms with Crippen LogP contribution in [0.4, 0.5) is 5.69 Å². The summed E-state index contributed by atoms with van der Waals surface area (Å²) in [5.74, 6) is 0. The normalized spacial score (nSPS) is 26.4. The Bertz CT molecular complexity index is 316. The highest BCUT2D eigenvalue weighted by Gasteiger charge is 2.21. The number of aromatic nitrogens is 1. The van der Waals surface area contributed by atoms with Gasteiger partial charge in [-0.25, -0.2) is 4.98 Å². The molecule has 2 rings (SSSR count). The van der Waals surface area contributed by atoms with Crippen molar-refractivity contribution in [3.05, 3.63) is 22.9 Å². The smallest absolute Gasteiger partial charge is 0.129 e. The van der Waals surface area contributed by atoms with Gasteiger partial charge in [0.2, 0.25) is 0 Å². The van der Waals surface area contributed by atoms with Gasteiger partial charge in [-0.05, 0) is 47.3 Å². The lowest BCUT2D eigenvalue weighted by Gasteiger charge is -2.14. The van der Waals surface area contributed by atoms with Crippen LogP contribution in [0.15, 0.2) is 22.9 Å². The van der Waals surface area contributed by atoms with Crippen molar-refractivity contribution in [3.8, 4) is 0 Å². The van der Waals surface area contributed by atoms with E-state index in [0.29, 0.717) is 12.1 Å². The van der Waals surface area contributed by atoms with Gasteiger partial charge in [-0.1, -0.05) is 0 Å². The van der Waals surface area contributed by atoms with Gasteiger partial charge in [-0.2, -0.15) is 0 Å². The fourth-order valence-electron chi connectivity index (χ4n) is 1.86. The van der Waals surface area contributed by atoms with Gasteiger partial charge in [0, 0.05) is 18.3 Å². The topological polar surface area (TPSA) is 50.9 Å². The van der Waals surface area contributed by atoms with Crippen LogP contribution in [0, 0.1) is 0 Å². The van der Waals surface area contributed by atoms with Crippen LogP contribution in [0.1, 0.15) is 19.3 Å². The van der Waals surface area contributed by atoms with Crippen LogP contribution in [-0.4, -0.2) is 17.1 Å². The number of rotatable bonds is 2. The molecule has 0 bridgehead atoms. The highest BCUT2D eigenvalue weighted by Crippen LogP contribution is 2.25. The summed E-state index contributed by atoms with van der Waals surface area (Å²) < 4.78 is 0.875. The lowest BCUT2D eigenvalue weighted by atomic mass is 10.2. The molecule has 1 aliphatic carbocycles. The van der Waals surface area contributed by atoms with Crippen molar-refractivity contribution in [2.45, 2.75) is 31.3 Å². The van der Waals surface area contributed by atoms with Crippen molar-refractivity contribution in [2.75, 3.05) is 5.32 Å². The summed E-state index contributed by atoms with van der Waals surface area (Å²) in [6.45, 7) is 0. The zero-order valence-corrected chi connectivity index (χ0v) is 9.50. The largest absolute Gasteiger partial charge is 0.380 e. The fourth-order valence-corrected chi connectivity index (χ4v) is 2.23.